The van der Waals surface area contributed by atoms with Crippen LogP contribution >= 0.6 is 11.6 Å². The van der Waals surface area contributed by atoms with E-state index in [2.05, 4.69) is 251 Å². The first-order chi connectivity index (χ1) is 29.2. The van der Waals surface area contributed by atoms with Gasteiger partial charge in [-0.3, -0.25) is 0 Å². The number of halogens is 1. The SMILES string of the molecule is Clc1c(N(c2ccccc2)c2cccc(N(c3ccccc3)c3ccccc3)c2)cccc1C1(Nc2ccccc2)C=CC=C(N(c2ccccc2)c2ccccc2)C1. The van der Waals surface area contributed by atoms with Crippen molar-refractivity contribution in [3.05, 3.63) is 259 Å². The van der Waals surface area contributed by atoms with E-state index in [1.165, 1.54) is 0 Å². The second-order valence-electron chi connectivity index (χ2n) is 14.5. The van der Waals surface area contributed by atoms with Gasteiger partial charge in [-0.15, -0.1) is 0 Å². The van der Waals surface area contributed by atoms with Crippen LogP contribution in [0.3, 0.4) is 0 Å². The van der Waals surface area contributed by atoms with Crippen molar-refractivity contribution < 1.29 is 0 Å². The van der Waals surface area contributed by atoms with E-state index in [0.29, 0.717) is 11.4 Å². The molecule has 5 heteroatoms. The van der Waals surface area contributed by atoms with Gasteiger partial charge in [0.25, 0.3) is 0 Å². The Morgan fingerprint density at radius 1 is 0.407 bits per heavy atom. The van der Waals surface area contributed by atoms with Crippen LogP contribution in [-0.4, -0.2) is 0 Å². The zero-order valence-electron chi connectivity index (χ0n) is 32.5. The van der Waals surface area contributed by atoms with Crippen molar-refractivity contribution in [3.63, 3.8) is 0 Å². The van der Waals surface area contributed by atoms with Crippen LogP contribution in [0.15, 0.2) is 248 Å². The van der Waals surface area contributed by atoms with E-state index >= 15 is 0 Å². The maximum Gasteiger partial charge on any atom is 0.0882 e. The molecular formula is C54H43ClN4. The van der Waals surface area contributed by atoms with Gasteiger partial charge in [-0.2, -0.15) is 0 Å². The summed E-state index contributed by atoms with van der Waals surface area (Å²) in [7, 11) is 0. The Hall–Kier alpha value is -7.27. The van der Waals surface area contributed by atoms with Crippen LogP contribution in [-0.2, 0) is 5.54 Å². The highest BCUT2D eigenvalue weighted by atomic mass is 35.5. The minimum Gasteiger partial charge on any atom is -0.372 e. The van der Waals surface area contributed by atoms with Gasteiger partial charge < -0.3 is 20.0 Å². The van der Waals surface area contributed by atoms with Crippen LogP contribution in [0, 0.1) is 0 Å². The summed E-state index contributed by atoms with van der Waals surface area (Å²) in [6, 6.07) is 78.1. The Morgan fingerprint density at radius 3 is 1.32 bits per heavy atom. The number of hydrogen-bond acceptors (Lipinski definition) is 4. The highest BCUT2D eigenvalue weighted by Gasteiger charge is 2.37. The molecule has 0 saturated carbocycles. The van der Waals surface area contributed by atoms with E-state index in [1.807, 2.05) is 12.1 Å². The molecule has 0 fully saturated rings. The lowest BCUT2D eigenvalue weighted by Crippen LogP contribution is -2.38. The smallest absolute Gasteiger partial charge is 0.0882 e. The number of nitrogens with zero attached hydrogens (tertiary/aromatic N) is 3. The fourth-order valence-electron chi connectivity index (χ4n) is 8.05. The molecule has 4 nitrogen and oxygen atoms in total. The standard InChI is InChI=1S/C54H43ClN4/c55-53-51(54(56-42-22-7-1-8-23-42)39-21-36-50(41-54)58(45-28-13-4-14-29-45)46-30-15-5-16-31-46)37-20-38-52(53)59(47-32-17-6-18-33-47)49-35-19-34-48(40-49)57(43-24-9-2-10-25-43)44-26-11-3-12-27-44/h1-40,56H,41H2. The van der Waals surface area contributed by atoms with Gasteiger partial charge in [0.1, 0.15) is 0 Å². The van der Waals surface area contributed by atoms with Crippen LogP contribution in [0.1, 0.15) is 12.0 Å². The molecule has 1 unspecified atom stereocenters. The zero-order chi connectivity index (χ0) is 39.9. The molecule has 0 saturated heterocycles. The normalized spacial score (nSPS) is 14.6. The lowest BCUT2D eigenvalue weighted by molar-refractivity contribution is 0.592. The van der Waals surface area contributed by atoms with Crippen molar-refractivity contribution >= 4 is 62.8 Å². The van der Waals surface area contributed by atoms with Gasteiger partial charge >= 0.3 is 0 Å². The van der Waals surface area contributed by atoms with E-state index in [9.17, 15) is 0 Å². The van der Waals surface area contributed by atoms with Crippen molar-refractivity contribution in [2.45, 2.75) is 12.0 Å². The molecule has 0 spiro atoms. The Bertz CT molecular complexity index is 2590. The molecule has 59 heavy (non-hydrogen) atoms. The molecule has 1 aliphatic rings. The molecule has 0 heterocycles. The van der Waals surface area contributed by atoms with Gasteiger partial charge in [-0.05, 0) is 103 Å². The van der Waals surface area contributed by atoms with Gasteiger partial charge in [-0.25, -0.2) is 0 Å². The molecule has 0 aromatic heterocycles. The second kappa shape index (κ2) is 17.1. The monoisotopic (exact) mass is 782 g/mol. The first-order valence-electron chi connectivity index (χ1n) is 19.9. The minimum absolute atomic E-state index is 0.620. The summed E-state index contributed by atoms with van der Waals surface area (Å²) < 4.78 is 0. The number of rotatable bonds is 12. The molecule has 286 valence electrons. The van der Waals surface area contributed by atoms with Gasteiger partial charge in [0.05, 0.1) is 16.2 Å². The molecular weight excluding hydrogens is 740 g/mol. The predicted molar refractivity (Wildman–Crippen MR) is 249 cm³/mol. The molecule has 9 rings (SSSR count). The quantitative estimate of drug-likeness (QED) is 0.133. The molecule has 0 aliphatic heterocycles. The lowest BCUT2D eigenvalue weighted by atomic mass is 9.81. The van der Waals surface area contributed by atoms with Crippen LogP contribution < -0.4 is 20.0 Å². The average molecular weight is 783 g/mol. The molecule has 0 bridgehead atoms. The van der Waals surface area contributed by atoms with E-state index in [0.717, 1.165) is 62.4 Å². The first kappa shape index (κ1) is 37.3. The van der Waals surface area contributed by atoms with Crippen LogP contribution in [0.25, 0.3) is 0 Å². The minimum atomic E-state index is -0.720. The van der Waals surface area contributed by atoms with Gasteiger partial charge in [0.2, 0.25) is 0 Å². The number of anilines is 9. The predicted octanol–water partition coefficient (Wildman–Crippen LogP) is 15.3. The average Bonchev–Trinajstić information content (AvgIpc) is 3.30. The third-order valence-electron chi connectivity index (χ3n) is 10.7. The van der Waals surface area contributed by atoms with Crippen molar-refractivity contribution in [3.8, 4) is 0 Å². The third kappa shape index (κ3) is 7.87. The maximum absolute atomic E-state index is 7.89. The summed E-state index contributed by atoms with van der Waals surface area (Å²) in [6.07, 6.45) is 7.26. The Morgan fingerprint density at radius 2 is 0.814 bits per heavy atom. The summed E-state index contributed by atoms with van der Waals surface area (Å²) in [5.74, 6) is 0. The third-order valence-corrected chi connectivity index (χ3v) is 11.1. The number of benzene rings is 8. The zero-order valence-corrected chi connectivity index (χ0v) is 33.3. The van der Waals surface area contributed by atoms with E-state index < -0.39 is 5.54 Å². The van der Waals surface area contributed by atoms with Crippen molar-refractivity contribution in [1.29, 1.82) is 0 Å². The molecule has 1 aliphatic carbocycles. The van der Waals surface area contributed by atoms with Gasteiger partial charge in [0, 0.05) is 63.2 Å². The summed E-state index contributed by atoms with van der Waals surface area (Å²) in [4.78, 5) is 6.90. The lowest BCUT2D eigenvalue weighted by Gasteiger charge is -2.41. The van der Waals surface area contributed by atoms with Crippen molar-refractivity contribution in [2.75, 3.05) is 20.0 Å². The van der Waals surface area contributed by atoms with Gasteiger partial charge in [-0.1, -0.05) is 151 Å². The highest BCUT2D eigenvalue weighted by molar-refractivity contribution is 6.34. The number of allylic oxidation sites excluding steroid dienone is 2. The summed E-state index contributed by atoms with van der Waals surface area (Å²) in [5, 5.41) is 4.64. The highest BCUT2D eigenvalue weighted by Crippen LogP contribution is 2.48. The number of nitrogens with one attached hydrogen (secondary N) is 1. The topological polar surface area (TPSA) is 21.8 Å². The van der Waals surface area contributed by atoms with Crippen molar-refractivity contribution in [2.24, 2.45) is 0 Å². The summed E-state index contributed by atoms with van der Waals surface area (Å²) >= 11 is 7.89. The Kier molecular flexibility index (Phi) is 10.8. The molecule has 0 amide bonds. The molecule has 8 aromatic carbocycles. The maximum atomic E-state index is 7.89. The first-order valence-corrected chi connectivity index (χ1v) is 20.3. The molecule has 1 N–H and O–H groups in total. The fraction of sp³-hybridized carbons (Fsp3) is 0.0370. The van der Waals surface area contributed by atoms with E-state index in [-0.39, 0.29) is 0 Å². The van der Waals surface area contributed by atoms with E-state index in [1.54, 1.807) is 0 Å². The molecule has 0 radical (unpaired) electrons. The van der Waals surface area contributed by atoms with Gasteiger partial charge in [0.15, 0.2) is 0 Å². The Labute approximate surface area is 352 Å². The van der Waals surface area contributed by atoms with Crippen molar-refractivity contribution in [1.82, 2.24) is 0 Å². The van der Waals surface area contributed by atoms with Crippen LogP contribution in [0.4, 0.5) is 51.2 Å². The Balaban J connectivity index is 1.19. The second-order valence-corrected chi connectivity index (χ2v) is 14.9. The molecule has 8 aromatic rings. The number of hydrogen-bond donors (Lipinski definition) is 1. The summed E-state index contributed by atoms with van der Waals surface area (Å²) in [6.45, 7) is 0. The fourth-order valence-corrected chi connectivity index (χ4v) is 8.43. The summed E-state index contributed by atoms with van der Waals surface area (Å²) in [5.41, 5.74) is 10.6. The largest absolute Gasteiger partial charge is 0.372 e. The molecule has 1 atom stereocenters. The van der Waals surface area contributed by atoms with E-state index in [4.69, 9.17) is 11.6 Å². The van der Waals surface area contributed by atoms with Crippen LogP contribution in [0.5, 0.6) is 0 Å². The number of para-hydroxylation sites is 6. The van der Waals surface area contributed by atoms with Crippen LogP contribution in [0.2, 0.25) is 5.02 Å².